The Balaban J connectivity index is 1.69. The predicted octanol–water partition coefficient (Wildman–Crippen LogP) is 4.10. The predicted molar refractivity (Wildman–Crippen MR) is 80.2 cm³/mol. The van der Waals surface area contributed by atoms with Gasteiger partial charge in [0.2, 0.25) is 6.43 Å². The lowest BCUT2D eigenvalue weighted by molar-refractivity contribution is -0.151. The Bertz CT molecular complexity index is 690. The molecule has 1 N–H and O–H groups in total. The molecule has 0 heterocycles. The van der Waals surface area contributed by atoms with Gasteiger partial charge in [-0.3, -0.25) is 4.79 Å². The molecule has 4 heteroatoms. The van der Waals surface area contributed by atoms with Crippen molar-refractivity contribution < 1.29 is 18.7 Å². The average molecular weight is 318 g/mol. The molecule has 0 aliphatic heterocycles. The van der Waals surface area contributed by atoms with Crippen molar-refractivity contribution in [3.63, 3.8) is 0 Å². The van der Waals surface area contributed by atoms with E-state index in [-0.39, 0.29) is 22.7 Å². The van der Waals surface area contributed by atoms with Crippen molar-refractivity contribution in [1.29, 1.82) is 0 Å². The molecule has 6 unspecified atom stereocenters. The van der Waals surface area contributed by atoms with Gasteiger partial charge in [-0.1, -0.05) is 30.3 Å². The van der Waals surface area contributed by atoms with Crippen LogP contribution in [0.3, 0.4) is 0 Å². The molecule has 4 aliphatic rings. The van der Waals surface area contributed by atoms with Crippen LogP contribution >= 0.6 is 0 Å². The second-order valence-electron chi connectivity index (χ2n) is 8.43. The van der Waals surface area contributed by atoms with Crippen LogP contribution in [0.2, 0.25) is 0 Å². The minimum Gasteiger partial charge on any atom is -0.481 e. The normalized spacial score (nSPS) is 49.3. The largest absolute Gasteiger partial charge is 0.481 e. The zero-order chi connectivity index (χ0) is 16.0. The summed E-state index contributed by atoms with van der Waals surface area (Å²) in [7, 11) is 0. The zero-order valence-corrected chi connectivity index (χ0v) is 12.8. The third-order valence-corrected chi connectivity index (χ3v) is 7.88. The fourth-order valence-corrected chi connectivity index (χ4v) is 7.39. The molecule has 4 fully saturated rings. The van der Waals surface area contributed by atoms with Crippen molar-refractivity contribution in [3.8, 4) is 0 Å². The molecule has 4 aliphatic carbocycles. The van der Waals surface area contributed by atoms with Crippen LogP contribution in [0.5, 0.6) is 0 Å². The number of hydrogen-bond acceptors (Lipinski definition) is 1. The molecule has 0 amide bonds. The molecule has 4 saturated carbocycles. The quantitative estimate of drug-likeness (QED) is 0.911. The van der Waals surface area contributed by atoms with Gasteiger partial charge in [-0.25, -0.2) is 8.78 Å². The lowest BCUT2D eigenvalue weighted by Gasteiger charge is -2.60. The minimum absolute atomic E-state index is 0.0106. The summed E-state index contributed by atoms with van der Waals surface area (Å²) in [6, 6.07) is 10.1. The number of rotatable bonds is 3. The molecule has 0 radical (unpaired) electrons. The number of carbonyl (C=O) groups is 1. The van der Waals surface area contributed by atoms with Gasteiger partial charge in [-0.2, -0.15) is 0 Å². The SMILES string of the molecule is O=C(O)C12CC3CC4(C1)C(CC4(c1ccccc1)C2)C3C(F)F. The summed E-state index contributed by atoms with van der Waals surface area (Å²) in [5, 5.41) is 9.91. The molecule has 6 atom stereocenters. The maximum Gasteiger partial charge on any atom is 0.309 e. The van der Waals surface area contributed by atoms with E-state index in [0.717, 1.165) is 12.8 Å². The smallest absolute Gasteiger partial charge is 0.309 e. The molecular weight excluding hydrogens is 298 g/mol. The molecule has 1 spiro atoms. The van der Waals surface area contributed by atoms with Gasteiger partial charge in [0.15, 0.2) is 0 Å². The van der Waals surface area contributed by atoms with E-state index >= 15 is 0 Å². The maximum atomic E-state index is 13.7. The Morgan fingerprint density at radius 3 is 2.52 bits per heavy atom. The van der Waals surface area contributed by atoms with E-state index in [9.17, 15) is 18.7 Å². The molecule has 3 bridgehead atoms. The van der Waals surface area contributed by atoms with E-state index in [0.29, 0.717) is 19.3 Å². The highest BCUT2D eigenvalue weighted by molar-refractivity contribution is 5.77. The number of carboxylic acid groups (broad SMARTS) is 1. The van der Waals surface area contributed by atoms with E-state index in [4.69, 9.17) is 0 Å². The first kappa shape index (κ1) is 13.9. The highest BCUT2D eigenvalue weighted by Crippen LogP contribution is 2.85. The number of alkyl halides is 2. The van der Waals surface area contributed by atoms with Gasteiger partial charge in [0.25, 0.3) is 0 Å². The van der Waals surface area contributed by atoms with Gasteiger partial charge in [0.1, 0.15) is 0 Å². The van der Waals surface area contributed by atoms with Crippen LogP contribution in [0, 0.1) is 28.6 Å². The van der Waals surface area contributed by atoms with Crippen LogP contribution in [0.1, 0.15) is 37.7 Å². The molecule has 5 rings (SSSR count). The Morgan fingerprint density at radius 2 is 1.87 bits per heavy atom. The van der Waals surface area contributed by atoms with Crippen LogP contribution in [0.15, 0.2) is 30.3 Å². The molecule has 0 saturated heterocycles. The summed E-state index contributed by atoms with van der Waals surface area (Å²) in [4.78, 5) is 12.1. The van der Waals surface area contributed by atoms with Crippen LogP contribution in [0.4, 0.5) is 8.78 Å². The Labute approximate surface area is 133 Å². The Hall–Kier alpha value is -1.45. The number of aliphatic carboxylic acids is 1. The first-order valence-electron chi connectivity index (χ1n) is 8.51. The van der Waals surface area contributed by atoms with E-state index in [1.54, 1.807) is 0 Å². The number of benzene rings is 1. The van der Waals surface area contributed by atoms with Crippen molar-refractivity contribution in [1.82, 2.24) is 0 Å². The molecule has 1 aromatic rings. The lowest BCUT2D eigenvalue weighted by Crippen LogP contribution is -2.57. The van der Waals surface area contributed by atoms with Gasteiger partial charge in [0, 0.05) is 11.3 Å². The van der Waals surface area contributed by atoms with Crippen molar-refractivity contribution in [2.75, 3.05) is 0 Å². The molecule has 1 aromatic carbocycles. The van der Waals surface area contributed by atoms with Gasteiger partial charge < -0.3 is 5.11 Å². The maximum absolute atomic E-state index is 13.7. The first-order valence-corrected chi connectivity index (χ1v) is 8.51. The summed E-state index contributed by atoms with van der Waals surface area (Å²) in [6.07, 6.45) is 0.929. The van der Waals surface area contributed by atoms with Gasteiger partial charge in [-0.15, -0.1) is 0 Å². The second kappa shape index (κ2) is 3.96. The Morgan fingerprint density at radius 1 is 1.13 bits per heavy atom. The van der Waals surface area contributed by atoms with E-state index in [1.807, 2.05) is 18.2 Å². The Kier molecular flexibility index (Phi) is 2.40. The summed E-state index contributed by atoms with van der Waals surface area (Å²) < 4.78 is 27.4. The molecule has 2 nitrogen and oxygen atoms in total. The monoisotopic (exact) mass is 318 g/mol. The molecule has 23 heavy (non-hydrogen) atoms. The molecule has 0 aromatic heterocycles. The number of carboxylic acids is 1. The van der Waals surface area contributed by atoms with Gasteiger partial charge in [0.05, 0.1) is 5.41 Å². The number of fused-ring (bicyclic) bond motifs is 2. The zero-order valence-electron chi connectivity index (χ0n) is 12.8. The summed E-state index contributed by atoms with van der Waals surface area (Å²) in [5.74, 6) is -1.46. The van der Waals surface area contributed by atoms with E-state index in [2.05, 4.69) is 12.1 Å². The van der Waals surface area contributed by atoms with Gasteiger partial charge >= 0.3 is 5.97 Å². The summed E-state index contributed by atoms with van der Waals surface area (Å²) in [5.41, 5.74) is 0.0128. The fourth-order valence-electron chi connectivity index (χ4n) is 7.39. The summed E-state index contributed by atoms with van der Waals surface area (Å²) >= 11 is 0. The lowest BCUT2D eigenvalue weighted by atomic mass is 9.43. The highest BCUT2D eigenvalue weighted by atomic mass is 19.3. The molecule has 122 valence electrons. The highest BCUT2D eigenvalue weighted by Gasteiger charge is 2.82. The number of hydrogen-bond donors (Lipinski definition) is 1. The first-order chi connectivity index (χ1) is 10.9. The van der Waals surface area contributed by atoms with Crippen molar-refractivity contribution in [2.24, 2.45) is 28.6 Å². The van der Waals surface area contributed by atoms with Crippen molar-refractivity contribution in [2.45, 2.75) is 43.9 Å². The van der Waals surface area contributed by atoms with Gasteiger partial charge in [-0.05, 0) is 54.9 Å². The third-order valence-electron chi connectivity index (χ3n) is 7.88. The summed E-state index contributed by atoms with van der Waals surface area (Å²) in [6.45, 7) is 0. The number of halogens is 2. The van der Waals surface area contributed by atoms with Crippen LogP contribution in [-0.4, -0.2) is 17.5 Å². The van der Waals surface area contributed by atoms with Crippen molar-refractivity contribution >= 4 is 5.97 Å². The third kappa shape index (κ3) is 1.34. The van der Waals surface area contributed by atoms with Crippen molar-refractivity contribution in [3.05, 3.63) is 35.9 Å². The van der Waals surface area contributed by atoms with Crippen LogP contribution in [-0.2, 0) is 10.2 Å². The minimum atomic E-state index is -2.32. The average Bonchev–Trinajstić information content (AvgIpc) is 2.80. The topological polar surface area (TPSA) is 37.3 Å². The van der Waals surface area contributed by atoms with Crippen LogP contribution < -0.4 is 0 Å². The standard InChI is InChI=1S/C19H20F2O2/c20-15(21)14-11-6-17(16(22)23)9-18(12-4-2-1-3-5-12)8-13(14)19(18,7-11)10-17/h1-5,11,13-15H,6-10H2,(H,22,23). The van der Waals surface area contributed by atoms with E-state index < -0.39 is 23.7 Å². The molecular formula is C19H20F2O2. The second-order valence-corrected chi connectivity index (χ2v) is 8.43. The fraction of sp³-hybridized carbons (Fsp3) is 0.632. The van der Waals surface area contributed by atoms with Crippen LogP contribution in [0.25, 0.3) is 0 Å². The van der Waals surface area contributed by atoms with E-state index in [1.165, 1.54) is 5.56 Å².